The van der Waals surface area contributed by atoms with Gasteiger partial charge in [-0.05, 0) is 53.9 Å². The van der Waals surface area contributed by atoms with Crippen LogP contribution in [0.25, 0.3) is 0 Å². The SMILES string of the molecule is COc1ccc(C(C)c2ccc3c(c2)Nc2ccccc2S3)cc1C. The van der Waals surface area contributed by atoms with Crippen LogP contribution in [0.2, 0.25) is 0 Å². The minimum absolute atomic E-state index is 0.332. The lowest BCUT2D eigenvalue weighted by molar-refractivity contribution is 0.411. The summed E-state index contributed by atoms with van der Waals surface area (Å²) in [5, 5.41) is 3.58. The number of benzene rings is 3. The van der Waals surface area contributed by atoms with Crippen molar-refractivity contribution in [1.82, 2.24) is 0 Å². The molecule has 0 aromatic heterocycles. The molecule has 1 aliphatic rings. The monoisotopic (exact) mass is 347 g/mol. The van der Waals surface area contributed by atoms with Gasteiger partial charge in [0.1, 0.15) is 5.75 Å². The second-order valence-corrected chi connectivity index (χ2v) is 7.51. The van der Waals surface area contributed by atoms with E-state index in [2.05, 4.69) is 79.8 Å². The third kappa shape index (κ3) is 3.00. The zero-order chi connectivity index (χ0) is 17.4. The molecule has 0 fully saturated rings. The summed E-state index contributed by atoms with van der Waals surface area (Å²) in [6.07, 6.45) is 0. The minimum Gasteiger partial charge on any atom is -0.496 e. The number of fused-ring (bicyclic) bond motifs is 2. The van der Waals surface area contributed by atoms with Gasteiger partial charge in [0.15, 0.2) is 0 Å². The Bertz CT molecular complexity index is 935. The van der Waals surface area contributed by atoms with E-state index in [1.807, 2.05) is 11.8 Å². The molecular weight excluding hydrogens is 326 g/mol. The molecule has 2 nitrogen and oxygen atoms in total. The molecule has 3 aromatic rings. The molecule has 1 unspecified atom stereocenters. The number of aryl methyl sites for hydroxylation is 1. The summed E-state index contributed by atoms with van der Waals surface area (Å²) in [5.41, 5.74) is 6.17. The smallest absolute Gasteiger partial charge is 0.121 e. The number of anilines is 2. The predicted molar refractivity (Wildman–Crippen MR) is 106 cm³/mol. The molecule has 0 amide bonds. The number of methoxy groups -OCH3 is 1. The summed E-state index contributed by atoms with van der Waals surface area (Å²) < 4.78 is 5.38. The van der Waals surface area contributed by atoms with Crippen molar-refractivity contribution in [1.29, 1.82) is 0 Å². The third-order valence-electron chi connectivity index (χ3n) is 4.80. The van der Waals surface area contributed by atoms with Crippen LogP contribution in [0.1, 0.15) is 29.5 Å². The Morgan fingerprint density at radius 2 is 1.60 bits per heavy atom. The van der Waals surface area contributed by atoms with Gasteiger partial charge >= 0.3 is 0 Å². The van der Waals surface area contributed by atoms with Crippen LogP contribution in [-0.2, 0) is 0 Å². The van der Waals surface area contributed by atoms with Crippen molar-refractivity contribution < 1.29 is 4.74 Å². The second-order valence-electron chi connectivity index (χ2n) is 6.43. The first-order valence-electron chi connectivity index (χ1n) is 8.48. The fourth-order valence-corrected chi connectivity index (χ4v) is 4.26. The highest BCUT2D eigenvalue weighted by atomic mass is 32.2. The van der Waals surface area contributed by atoms with E-state index in [0.29, 0.717) is 5.92 Å². The van der Waals surface area contributed by atoms with Gasteiger partial charge in [-0.15, -0.1) is 0 Å². The Kier molecular flexibility index (Phi) is 4.18. The van der Waals surface area contributed by atoms with Gasteiger partial charge in [0.2, 0.25) is 0 Å². The molecule has 3 aromatic carbocycles. The lowest BCUT2D eigenvalue weighted by atomic mass is 9.91. The Morgan fingerprint density at radius 1 is 0.880 bits per heavy atom. The summed E-state index contributed by atoms with van der Waals surface area (Å²) in [4.78, 5) is 2.56. The van der Waals surface area contributed by atoms with Gasteiger partial charge in [-0.1, -0.05) is 49.0 Å². The molecule has 126 valence electrons. The number of hydrogen-bond acceptors (Lipinski definition) is 3. The van der Waals surface area contributed by atoms with E-state index in [-0.39, 0.29) is 0 Å². The number of para-hydroxylation sites is 1. The van der Waals surface area contributed by atoms with E-state index < -0.39 is 0 Å². The fraction of sp³-hybridized carbons (Fsp3) is 0.182. The highest BCUT2D eigenvalue weighted by Gasteiger charge is 2.17. The Morgan fingerprint density at radius 3 is 2.40 bits per heavy atom. The number of nitrogens with one attached hydrogen (secondary N) is 1. The summed E-state index contributed by atoms with van der Waals surface area (Å²) in [6, 6.07) is 21.6. The molecule has 4 rings (SSSR count). The molecule has 1 N–H and O–H groups in total. The Balaban J connectivity index is 1.65. The van der Waals surface area contributed by atoms with Crippen molar-refractivity contribution >= 4 is 23.1 Å². The topological polar surface area (TPSA) is 21.3 Å². The van der Waals surface area contributed by atoms with Crippen molar-refractivity contribution in [2.45, 2.75) is 29.6 Å². The van der Waals surface area contributed by atoms with E-state index in [1.54, 1.807) is 7.11 Å². The zero-order valence-electron chi connectivity index (χ0n) is 14.7. The fourth-order valence-electron chi connectivity index (χ4n) is 3.29. The molecular formula is C22H21NOS. The molecule has 0 aliphatic carbocycles. The second kappa shape index (κ2) is 6.49. The van der Waals surface area contributed by atoms with Crippen LogP contribution in [0.3, 0.4) is 0 Å². The molecule has 0 bridgehead atoms. The molecule has 0 saturated heterocycles. The van der Waals surface area contributed by atoms with Gasteiger partial charge in [-0.3, -0.25) is 0 Å². The van der Waals surface area contributed by atoms with Crippen LogP contribution in [0.15, 0.2) is 70.5 Å². The van der Waals surface area contributed by atoms with Gasteiger partial charge in [-0.2, -0.15) is 0 Å². The summed E-state index contributed by atoms with van der Waals surface area (Å²) in [7, 11) is 1.72. The normalized spacial score (nSPS) is 13.4. The van der Waals surface area contributed by atoms with Crippen molar-refractivity contribution in [3.63, 3.8) is 0 Å². The lowest BCUT2D eigenvalue weighted by Gasteiger charge is -2.23. The maximum Gasteiger partial charge on any atom is 0.121 e. The molecule has 1 atom stereocenters. The maximum absolute atomic E-state index is 5.38. The van der Waals surface area contributed by atoms with Crippen LogP contribution in [0.4, 0.5) is 11.4 Å². The van der Waals surface area contributed by atoms with Crippen LogP contribution in [0, 0.1) is 6.92 Å². The standard InChI is InChI=1S/C22H21NOS/c1-14-12-16(8-10-20(14)24-3)15(2)17-9-11-22-19(13-17)23-18-6-4-5-7-21(18)25-22/h4-13,15,23H,1-3H3. The van der Waals surface area contributed by atoms with Crippen molar-refractivity contribution in [3.05, 3.63) is 77.4 Å². The molecule has 0 saturated carbocycles. The summed E-state index contributed by atoms with van der Waals surface area (Å²) >= 11 is 1.83. The number of ether oxygens (including phenoxy) is 1. The number of rotatable bonds is 3. The van der Waals surface area contributed by atoms with Crippen molar-refractivity contribution in [3.8, 4) is 5.75 Å². The molecule has 0 spiro atoms. The maximum atomic E-state index is 5.38. The van der Waals surface area contributed by atoms with Crippen molar-refractivity contribution in [2.75, 3.05) is 12.4 Å². The van der Waals surface area contributed by atoms with Gasteiger partial charge in [0, 0.05) is 15.7 Å². The van der Waals surface area contributed by atoms with E-state index in [4.69, 9.17) is 4.74 Å². The van der Waals surface area contributed by atoms with E-state index in [9.17, 15) is 0 Å². The highest BCUT2D eigenvalue weighted by Crippen LogP contribution is 2.45. The van der Waals surface area contributed by atoms with Gasteiger partial charge < -0.3 is 10.1 Å². The average Bonchev–Trinajstić information content (AvgIpc) is 2.65. The van der Waals surface area contributed by atoms with Gasteiger partial charge in [-0.25, -0.2) is 0 Å². The average molecular weight is 347 g/mol. The highest BCUT2D eigenvalue weighted by molar-refractivity contribution is 7.99. The third-order valence-corrected chi connectivity index (χ3v) is 5.95. The molecule has 1 aliphatic heterocycles. The lowest BCUT2D eigenvalue weighted by Crippen LogP contribution is -2.03. The largest absolute Gasteiger partial charge is 0.496 e. The molecule has 25 heavy (non-hydrogen) atoms. The molecule has 3 heteroatoms. The predicted octanol–water partition coefficient (Wildman–Crippen LogP) is 6.36. The van der Waals surface area contributed by atoms with Crippen LogP contribution in [-0.4, -0.2) is 7.11 Å². The number of hydrogen-bond donors (Lipinski definition) is 1. The quantitative estimate of drug-likeness (QED) is 0.466. The Labute approximate surface area is 153 Å². The summed E-state index contributed by atoms with van der Waals surface area (Å²) in [6.45, 7) is 4.35. The van der Waals surface area contributed by atoms with Crippen LogP contribution in [0.5, 0.6) is 5.75 Å². The van der Waals surface area contributed by atoms with Gasteiger partial charge in [0.05, 0.1) is 18.5 Å². The van der Waals surface area contributed by atoms with Crippen LogP contribution >= 0.6 is 11.8 Å². The van der Waals surface area contributed by atoms with Gasteiger partial charge in [0.25, 0.3) is 0 Å². The van der Waals surface area contributed by atoms with E-state index in [0.717, 1.165) is 5.75 Å². The van der Waals surface area contributed by atoms with Crippen molar-refractivity contribution in [2.24, 2.45) is 0 Å². The van der Waals surface area contributed by atoms with E-state index in [1.165, 1.54) is 37.9 Å². The summed E-state index contributed by atoms with van der Waals surface area (Å²) in [5.74, 6) is 1.27. The van der Waals surface area contributed by atoms with Crippen LogP contribution < -0.4 is 10.1 Å². The minimum atomic E-state index is 0.332. The first kappa shape index (κ1) is 16.1. The Hall–Kier alpha value is -2.39. The van der Waals surface area contributed by atoms with E-state index >= 15 is 0 Å². The first-order valence-corrected chi connectivity index (χ1v) is 9.30. The molecule has 1 heterocycles. The molecule has 0 radical (unpaired) electrons. The first-order chi connectivity index (χ1) is 12.2. The zero-order valence-corrected chi connectivity index (χ0v) is 15.5.